The summed E-state index contributed by atoms with van der Waals surface area (Å²) in [4.78, 5) is 39.8. The summed E-state index contributed by atoms with van der Waals surface area (Å²) in [7, 11) is 1.46. The number of benzene rings is 1. The first-order chi connectivity index (χ1) is 15.4. The molecular weight excluding hydrogens is 408 g/mol. The topological polar surface area (TPSA) is 85.6 Å². The highest BCUT2D eigenvalue weighted by Gasteiger charge is 2.36. The highest BCUT2D eigenvalue weighted by Crippen LogP contribution is 2.35. The molecule has 8 heteroatoms. The molecule has 32 heavy (non-hydrogen) atoms. The Labute approximate surface area is 188 Å². The molecule has 0 spiro atoms. The van der Waals surface area contributed by atoms with Crippen molar-refractivity contribution in [1.82, 2.24) is 19.4 Å². The van der Waals surface area contributed by atoms with Gasteiger partial charge in [0.2, 0.25) is 0 Å². The first-order valence-electron chi connectivity index (χ1n) is 11.7. The quantitative estimate of drug-likeness (QED) is 0.696. The van der Waals surface area contributed by atoms with E-state index < -0.39 is 0 Å². The minimum Gasteiger partial charge on any atom is -0.469 e. The van der Waals surface area contributed by atoms with Gasteiger partial charge in [-0.3, -0.25) is 9.36 Å². The Morgan fingerprint density at radius 2 is 1.75 bits per heavy atom. The number of carbonyl (C=O) groups is 2. The number of methoxy groups -OCH3 is 1. The second kappa shape index (κ2) is 9.48. The van der Waals surface area contributed by atoms with E-state index in [-0.39, 0.29) is 29.6 Å². The summed E-state index contributed by atoms with van der Waals surface area (Å²) in [5.74, 6) is 1.00. The Balaban J connectivity index is 1.28. The van der Waals surface area contributed by atoms with E-state index in [9.17, 15) is 14.4 Å². The number of nitrogens with zero attached hydrogens (tertiary/aromatic N) is 3. The number of rotatable bonds is 6. The second-order valence-electron chi connectivity index (χ2n) is 9.56. The Bertz CT molecular complexity index is 1030. The molecule has 2 fully saturated rings. The van der Waals surface area contributed by atoms with Crippen LogP contribution in [0.3, 0.4) is 0 Å². The predicted molar refractivity (Wildman–Crippen MR) is 123 cm³/mol. The smallest absolute Gasteiger partial charge is 0.337 e. The number of fused-ring (bicyclic) bond motifs is 1. The van der Waals surface area contributed by atoms with Crippen molar-refractivity contribution >= 4 is 23.0 Å². The van der Waals surface area contributed by atoms with Crippen LogP contribution in [-0.2, 0) is 9.53 Å². The lowest BCUT2D eigenvalue weighted by Gasteiger charge is -2.39. The third-order valence-electron chi connectivity index (χ3n) is 7.03. The lowest BCUT2D eigenvalue weighted by atomic mass is 9.74. The molecule has 2 aliphatic rings. The zero-order valence-electron chi connectivity index (χ0n) is 19.3. The maximum absolute atomic E-state index is 12.9. The Hall–Kier alpha value is -2.61. The fourth-order valence-corrected chi connectivity index (χ4v) is 5.16. The molecule has 0 atom stereocenters. The Morgan fingerprint density at radius 3 is 2.38 bits per heavy atom. The maximum atomic E-state index is 12.9. The van der Waals surface area contributed by atoms with Crippen molar-refractivity contribution < 1.29 is 14.3 Å². The summed E-state index contributed by atoms with van der Waals surface area (Å²) in [6.45, 7) is 7.52. The first-order valence-corrected chi connectivity index (χ1v) is 11.7. The van der Waals surface area contributed by atoms with Crippen LogP contribution in [0.25, 0.3) is 11.0 Å². The van der Waals surface area contributed by atoms with Crippen LogP contribution >= 0.6 is 0 Å². The molecule has 8 nitrogen and oxygen atoms in total. The van der Waals surface area contributed by atoms with E-state index in [1.165, 1.54) is 11.7 Å². The normalized spacial score (nSPS) is 22.1. The van der Waals surface area contributed by atoms with Gasteiger partial charge in [-0.25, -0.2) is 14.2 Å². The fraction of sp³-hybridized carbons (Fsp3) is 0.625. The molecule has 2 heterocycles. The highest BCUT2D eigenvalue weighted by atomic mass is 16.5. The third-order valence-corrected chi connectivity index (χ3v) is 7.03. The van der Waals surface area contributed by atoms with E-state index in [2.05, 4.69) is 10.2 Å². The monoisotopic (exact) mass is 442 g/mol. The molecule has 0 radical (unpaired) electrons. The van der Waals surface area contributed by atoms with Crippen molar-refractivity contribution in [3.8, 4) is 0 Å². The third kappa shape index (κ3) is 4.46. The van der Waals surface area contributed by atoms with Crippen LogP contribution in [0.15, 0.2) is 29.1 Å². The summed E-state index contributed by atoms with van der Waals surface area (Å²) < 4.78 is 7.75. The van der Waals surface area contributed by atoms with Crippen molar-refractivity contribution in [2.45, 2.75) is 45.6 Å². The van der Waals surface area contributed by atoms with Gasteiger partial charge in [0.25, 0.3) is 0 Å². The van der Waals surface area contributed by atoms with Gasteiger partial charge in [0.15, 0.2) is 0 Å². The van der Waals surface area contributed by atoms with Crippen LogP contribution in [0.4, 0.5) is 4.79 Å². The van der Waals surface area contributed by atoms with Crippen LogP contribution in [0, 0.1) is 17.8 Å². The van der Waals surface area contributed by atoms with Crippen molar-refractivity contribution in [3.05, 3.63) is 34.7 Å². The standard InChI is InChI=1S/C24H34N4O4/c1-16(2)27-20-6-4-5-7-21(20)28(24(27)31)23(30)25-14-17-8-10-26(11-9-17)15-18-12-19(13-18)22(29)32-3/h4-7,16-19H,8-15H2,1-3H3,(H,25,30). The van der Waals surface area contributed by atoms with E-state index in [1.807, 2.05) is 38.1 Å². The molecule has 2 aromatic rings. The first kappa shape index (κ1) is 22.6. The molecule has 4 rings (SSSR count). The number of likely N-dealkylation sites (tertiary alicyclic amines) is 1. The van der Waals surface area contributed by atoms with Crippen LogP contribution < -0.4 is 11.0 Å². The van der Waals surface area contributed by atoms with Gasteiger partial charge in [0.05, 0.1) is 24.1 Å². The summed E-state index contributed by atoms with van der Waals surface area (Å²) in [6.07, 6.45) is 3.91. The second-order valence-corrected chi connectivity index (χ2v) is 9.56. The number of nitrogens with one attached hydrogen (secondary N) is 1. The number of imidazole rings is 1. The van der Waals surface area contributed by atoms with Gasteiger partial charge in [0.1, 0.15) is 0 Å². The van der Waals surface area contributed by atoms with Crippen LogP contribution in [0.2, 0.25) is 0 Å². The summed E-state index contributed by atoms with van der Waals surface area (Å²) in [5.41, 5.74) is 1.13. The zero-order valence-corrected chi connectivity index (χ0v) is 19.3. The van der Waals surface area contributed by atoms with E-state index in [1.54, 1.807) is 4.57 Å². The number of ether oxygens (including phenoxy) is 1. The van der Waals surface area contributed by atoms with Gasteiger partial charge in [0, 0.05) is 19.1 Å². The molecule has 0 unspecified atom stereocenters. The van der Waals surface area contributed by atoms with Gasteiger partial charge < -0.3 is 15.0 Å². The molecule has 1 saturated carbocycles. The average molecular weight is 443 g/mol. The van der Waals surface area contributed by atoms with Crippen molar-refractivity contribution in [3.63, 3.8) is 0 Å². The number of hydrogen-bond acceptors (Lipinski definition) is 5. The van der Waals surface area contributed by atoms with Gasteiger partial charge in [-0.15, -0.1) is 0 Å². The number of para-hydroxylation sites is 2. The van der Waals surface area contributed by atoms with Gasteiger partial charge in [-0.1, -0.05) is 12.1 Å². The van der Waals surface area contributed by atoms with Crippen molar-refractivity contribution in [2.24, 2.45) is 17.8 Å². The minimum atomic E-state index is -0.351. The Morgan fingerprint density at radius 1 is 1.09 bits per heavy atom. The lowest BCUT2D eigenvalue weighted by Crippen LogP contribution is -2.45. The molecule has 0 bridgehead atoms. The van der Waals surface area contributed by atoms with E-state index >= 15 is 0 Å². The van der Waals surface area contributed by atoms with Crippen LogP contribution in [0.1, 0.15) is 45.6 Å². The number of piperidine rings is 1. The Kier molecular flexibility index (Phi) is 6.69. The number of esters is 1. The molecular formula is C24H34N4O4. The molecule has 1 aliphatic heterocycles. The SMILES string of the molecule is COC(=O)C1CC(CN2CCC(CNC(=O)n3c(=O)n(C(C)C)c4ccccc43)CC2)C1. The van der Waals surface area contributed by atoms with Crippen molar-refractivity contribution in [2.75, 3.05) is 33.3 Å². The van der Waals surface area contributed by atoms with E-state index in [4.69, 9.17) is 4.74 Å². The predicted octanol–water partition coefficient (Wildman–Crippen LogP) is 2.85. The van der Waals surface area contributed by atoms with Gasteiger partial charge >= 0.3 is 17.7 Å². The highest BCUT2D eigenvalue weighted by molar-refractivity contribution is 5.89. The molecule has 1 N–H and O–H groups in total. The van der Waals surface area contributed by atoms with Crippen molar-refractivity contribution in [1.29, 1.82) is 0 Å². The molecule has 1 aromatic heterocycles. The summed E-state index contributed by atoms with van der Waals surface area (Å²) in [6, 6.07) is 7.06. The number of carbonyl (C=O) groups excluding carboxylic acids is 2. The zero-order chi connectivity index (χ0) is 22.8. The lowest BCUT2D eigenvalue weighted by molar-refractivity contribution is -0.150. The number of hydrogen-bond donors (Lipinski definition) is 1. The minimum absolute atomic E-state index is 0.0238. The summed E-state index contributed by atoms with van der Waals surface area (Å²) in [5, 5.41) is 3.00. The molecule has 1 aliphatic carbocycles. The number of aromatic nitrogens is 2. The van der Waals surface area contributed by atoms with Gasteiger partial charge in [-0.05, 0) is 76.6 Å². The molecule has 1 amide bonds. The van der Waals surface area contributed by atoms with Gasteiger partial charge in [-0.2, -0.15) is 0 Å². The van der Waals surface area contributed by atoms with E-state index in [0.717, 1.165) is 50.8 Å². The molecule has 174 valence electrons. The largest absolute Gasteiger partial charge is 0.469 e. The maximum Gasteiger partial charge on any atom is 0.337 e. The average Bonchev–Trinajstić information content (AvgIpc) is 3.06. The number of amides is 1. The van der Waals surface area contributed by atoms with Crippen LogP contribution in [-0.4, -0.2) is 59.3 Å². The fourth-order valence-electron chi connectivity index (χ4n) is 5.16. The molecule has 1 saturated heterocycles. The molecule has 1 aromatic carbocycles. The summed E-state index contributed by atoms with van der Waals surface area (Å²) >= 11 is 0. The van der Waals surface area contributed by atoms with E-state index in [0.29, 0.717) is 23.9 Å². The van der Waals surface area contributed by atoms with Crippen LogP contribution in [0.5, 0.6) is 0 Å².